The van der Waals surface area contributed by atoms with Crippen molar-refractivity contribution < 1.29 is 38.8 Å². The first-order valence-corrected chi connectivity index (χ1v) is 23.4. The lowest BCUT2D eigenvalue weighted by molar-refractivity contribution is -0.255. The Hall–Kier alpha value is -3.12. The highest BCUT2D eigenvalue weighted by atomic mass is 16.7. The molecule has 2 aliphatic heterocycles. The number of rotatable bonds is 30. The number of benzene rings is 1. The lowest BCUT2D eigenvalue weighted by atomic mass is 9.55. The number of nitrogens with zero attached hydrogens (tertiary/aromatic N) is 3. The summed E-state index contributed by atoms with van der Waals surface area (Å²) in [5, 5.41) is 24.4. The van der Waals surface area contributed by atoms with Gasteiger partial charge in [-0.15, -0.1) is 6.58 Å². The summed E-state index contributed by atoms with van der Waals surface area (Å²) < 4.78 is 26.8. The number of hydrogen-bond donors (Lipinski definition) is 2. The fourth-order valence-electron chi connectivity index (χ4n) is 9.88. The van der Waals surface area contributed by atoms with Gasteiger partial charge in [-0.25, -0.2) is 4.79 Å². The molecule has 4 aliphatic rings. The molecule has 1 saturated heterocycles. The van der Waals surface area contributed by atoms with Gasteiger partial charge in [0.1, 0.15) is 31.3 Å². The summed E-state index contributed by atoms with van der Waals surface area (Å²) in [5.74, 6) is 0.124. The van der Waals surface area contributed by atoms with Crippen molar-refractivity contribution in [2.24, 2.45) is 22.9 Å². The summed E-state index contributed by atoms with van der Waals surface area (Å²) in [7, 11) is 1.58. The topological polar surface area (TPSA) is 122 Å². The van der Waals surface area contributed by atoms with Crippen LogP contribution in [-0.4, -0.2) is 110 Å². The molecular formula is C48H77N3O8. The zero-order valence-electron chi connectivity index (χ0n) is 36.8. The van der Waals surface area contributed by atoms with Gasteiger partial charge in [-0.05, 0) is 74.1 Å². The molecule has 11 heteroatoms. The lowest BCUT2D eigenvalue weighted by Crippen LogP contribution is -2.70. The van der Waals surface area contributed by atoms with Crippen LogP contribution in [0.2, 0.25) is 0 Å². The van der Waals surface area contributed by atoms with Crippen LogP contribution in [0.4, 0.5) is 4.79 Å². The highest BCUT2D eigenvalue weighted by molar-refractivity contribution is 6.02. The van der Waals surface area contributed by atoms with Gasteiger partial charge in [-0.3, -0.25) is 9.80 Å². The number of aliphatic hydroxyl groups is 2. The van der Waals surface area contributed by atoms with Crippen LogP contribution in [0.25, 0.3) is 0 Å². The molecule has 5 rings (SSSR count). The molecule has 2 heterocycles. The van der Waals surface area contributed by atoms with E-state index in [1.807, 2.05) is 17.0 Å². The van der Waals surface area contributed by atoms with Gasteiger partial charge in [0.15, 0.2) is 0 Å². The first kappa shape index (κ1) is 46.9. The van der Waals surface area contributed by atoms with Crippen molar-refractivity contribution in [2.75, 3.05) is 66.3 Å². The molecule has 2 aliphatic carbocycles. The fourth-order valence-corrected chi connectivity index (χ4v) is 9.88. The maximum Gasteiger partial charge on any atom is 0.410 e. The minimum Gasteiger partial charge on any atom is -0.492 e. The fraction of sp³-hybridized carbons (Fsp3) is 0.750. The van der Waals surface area contributed by atoms with Crippen molar-refractivity contribution in [2.45, 2.75) is 147 Å². The van der Waals surface area contributed by atoms with Crippen molar-refractivity contribution in [1.82, 2.24) is 9.80 Å². The predicted octanol–water partition coefficient (Wildman–Crippen LogP) is 9.41. The van der Waals surface area contributed by atoms with E-state index in [1.54, 1.807) is 13.2 Å². The van der Waals surface area contributed by atoms with E-state index in [2.05, 4.69) is 37.5 Å². The molecule has 0 unspecified atom stereocenters. The molecule has 0 bridgehead atoms. The van der Waals surface area contributed by atoms with Crippen LogP contribution in [0.3, 0.4) is 0 Å². The number of amides is 1. The Morgan fingerprint density at radius 1 is 0.949 bits per heavy atom. The number of carbonyl (C=O) groups excluding carboxylic acids is 1. The van der Waals surface area contributed by atoms with E-state index < -0.39 is 11.8 Å². The third-order valence-corrected chi connectivity index (χ3v) is 12.9. The molecule has 1 aromatic carbocycles. The Morgan fingerprint density at radius 2 is 1.66 bits per heavy atom. The van der Waals surface area contributed by atoms with E-state index in [0.29, 0.717) is 32.6 Å². The van der Waals surface area contributed by atoms with E-state index in [4.69, 9.17) is 28.9 Å². The summed E-state index contributed by atoms with van der Waals surface area (Å²) in [6.45, 7) is 13.4. The number of carbonyl (C=O) groups is 1. The molecule has 59 heavy (non-hydrogen) atoms. The molecular weight excluding hydrogens is 747 g/mol. The second kappa shape index (κ2) is 25.0. The third-order valence-electron chi connectivity index (χ3n) is 12.9. The summed E-state index contributed by atoms with van der Waals surface area (Å²) in [4.78, 5) is 24.2. The first-order valence-electron chi connectivity index (χ1n) is 23.4. The van der Waals surface area contributed by atoms with E-state index in [0.717, 1.165) is 106 Å². The Kier molecular flexibility index (Phi) is 19.9. The molecule has 2 N–H and O–H groups in total. The Morgan fingerprint density at radius 3 is 2.32 bits per heavy atom. The zero-order valence-corrected chi connectivity index (χ0v) is 36.8. The largest absolute Gasteiger partial charge is 0.492 e. The van der Waals surface area contributed by atoms with E-state index in [-0.39, 0.29) is 49.6 Å². The number of oxime groups is 1. The SMILES string of the molecule is C=CCO[C@@]12Oc3ccc(OCCN4CC4)cc3[C@H]3[C@H](CCCCO)[C@@H](CCCCO)C=C(C(=NOC)C[C@@H]1N(CCC)C(=O)OCCCCCCCCCCCC)[C@H]32. The van der Waals surface area contributed by atoms with Crippen molar-refractivity contribution in [3.05, 3.63) is 48.1 Å². The first-order chi connectivity index (χ1) is 29.0. The van der Waals surface area contributed by atoms with Gasteiger partial charge in [0.05, 0.1) is 24.8 Å². The van der Waals surface area contributed by atoms with Gasteiger partial charge in [-0.1, -0.05) is 102 Å². The van der Waals surface area contributed by atoms with Crippen LogP contribution in [0.1, 0.15) is 141 Å². The van der Waals surface area contributed by atoms with Crippen LogP contribution in [-0.2, 0) is 14.3 Å². The quantitative estimate of drug-likeness (QED) is 0.0338. The van der Waals surface area contributed by atoms with Gasteiger partial charge < -0.3 is 34.0 Å². The average molecular weight is 824 g/mol. The van der Waals surface area contributed by atoms with Gasteiger partial charge in [0, 0.05) is 57.3 Å². The normalized spacial score (nSPS) is 25.1. The third kappa shape index (κ3) is 12.7. The van der Waals surface area contributed by atoms with Crippen molar-refractivity contribution >= 4 is 11.8 Å². The van der Waals surface area contributed by atoms with Gasteiger partial charge >= 0.3 is 6.09 Å². The van der Waals surface area contributed by atoms with Gasteiger partial charge in [-0.2, -0.15) is 0 Å². The number of allylic oxidation sites excluding steroid dienone is 1. The van der Waals surface area contributed by atoms with E-state index in [9.17, 15) is 15.0 Å². The second-order valence-electron chi connectivity index (χ2n) is 17.1. The highest BCUT2D eigenvalue weighted by Gasteiger charge is 2.65. The molecule has 0 aromatic heterocycles. The van der Waals surface area contributed by atoms with Crippen molar-refractivity contribution in [3.8, 4) is 11.5 Å². The minimum absolute atomic E-state index is 0.0897. The molecule has 6 atom stereocenters. The second-order valence-corrected chi connectivity index (χ2v) is 17.1. The van der Waals surface area contributed by atoms with Gasteiger partial charge in [0.2, 0.25) is 5.79 Å². The number of ether oxygens (including phenoxy) is 4. The standard InChI is InChI=1S/C48H77N3O8/c1-5-8-9-10-11-12-13-14-15-20-32-57-47(54)51(25-6-2)44-36-42(49-55-4)40-34-37(21-16-18-29-52)39(22-17-19-30-53)45-41-35-38(56-33-28-50-26-27-50)23-24-43(41)59-48(44,46(40)45)58-31-7-3/h7,23-24,34-35,37,39,44-46,52-53H,3,5-6,8-22,25-33,36H2,1-2,4H3/t37-,39+,44-,45+,46+,48+/m0/s1. The predicted molar refractivity (Wildman–Crippen MR) is 234 cm³/mol. The molecule has 0 radical (unpaired) electrons. The van der Waals surface area contributed by atoms with Crippen molar-refractivity contribution in [3.63, 3.8) is 0 Å². The monoisotopic (exact) mass is 824 g/mol. The molecule has 2 fully saturated rings. The number of unbranched alkanes of at least 4 members (excludes halogenated alkanes) is 11. The summed E-state index contributed by atoms with van der Waals surface area (Å²) in [5.41, 5.74) is 2.87. The van der Waals surface area contributed by atoms with E-state index in [1.165, 1.54) is 44.9 Å². The summed E-state index contributed by atoms with van der Waals surface area (Å²) in [6, 6.07) is 5.58. The van der Waals surface area contributed by atoms with Gasteiger partial charge in [0.25, 0.3) is 0 Å². The van der Waals surface area contributed by atoms with Crippen LogP contribution >= 0.6 is 0 Å². The molecule has 332 valence electrons. The molecule has 11 nitrogen and oxygen atoms in total. The average Bonchev–Trinajstić information content (AvgIpc) is 4.07. The smallest absolute Gasteiger partial charge is 0.410 e. The van der Waals surface area contributed by atoms with Crippen LogP contribution in [0.15, 0.2) is 47.7 Å². The number of fused-ring (bicyclic) bond motifs is 2. The zero-order chi connectivity index (χ0) is 41.9. The maximum absolute atomic E-state index is 14.4. The molecule has 1 saturated carbocycles. The number of aliphatic hydroxyl groups excluding tert-OH is 2. The molecule has 1 amide bonds. The minimum atomic E-state index is -1.29. The molecule has 0 spiro atoms. The Balaban J connectivity index is 1.50. The Labute approximate surface area is 355 Å². The Bertz CT molecular complexity index is 1480. The van der Waals surface area contributed by atoms with Crippen LogP contribution < -0.4 is 9.47 Å². The summed E-state index contributed by atoms with van der Waals surface area (Å²) in [6.07, 6.45) is 21.9. The molecule has 1 aromatic rings. The highest BCUT2D eigenvalue weighted by Crippen LogP contribution is 2.62. The van der Waals surface area contributed by atoms with E-state index >= 15 is 0 Å². The summed E-state index contributed by atoms with van der Waals surface area (Å²) >= 11 is 0. The van der Waals surface area contributed by atoms with Crippen LogP contribution in [0, 0.1) is 17.8 Å². The van der Waals surface area contributed by atoms with Crippen molar-refractivity contribution in [1.29, 1.82) is 0 Å². The number of hydrogen-bond acceptors (Lipinski definition) is 10. The van der Waals surface area contributed by atoms with Crippen LogP contribution in [0.5, 0.6) is 11.5 Å². The maximum atomic E-state index is 14.4. The lowest BCUT2D eigenvalue weighted by Gasteiger charge is -2.59.